The first-order valence-corrected chi connectivity index (χ1v) is 9.27. The Morgan fingerprint density at radius 1 is 1.35 bits per heavy atom. The second-order valence-corrected chi connectivity index (χ2v) is 7.36. The second-order valence-electron chi connectivity index (χ2n) is 6.37. The van der Waals surface area contributed by atoms with E-state index in [1.54, 1.807) is 0 Å². The van der Waals surface area contributed by atoms with E-state index >= 15 is 0 Å². The minimum atomic E-state index is 0.0197. The van der Waals surface area contributed by atoms with Gasteiger partial charge in [-0.05, 0) is 58.1 Å². The van der Waals surface area contributed by atoms with Crippen LogP contribution in [0.1, 0.15) is 45.4 Å². The van der Waals surface area contributed by atoms with Gasteiger partial charge in [0.15, 0.2) is 0 Å². The molecule has 1 unspecified atom stereocenters. The quantitative estimate of drug-likeness (QED) is 0.819. The normalized spacial score (nSPS) is 31.6. The molecule has 2 aliphatic rings. The second kappa shape index (κ2) is 7.55. The Morgan fingerprint density at radius 2 is 2.00 bits per heavy atom. The molecule has 0 spiro atoms. The zero-order chi connectivity index (χ0) is 14.5. The molecule has 20 heavy (non-hydrogen) atoms. The van der Waals surface area contributed by atoms with Crippen LogP contribution in [0.25, 0.3) is 0 Å². The molecule has 0 aromatic heterocycles. The molecule has 0 aromatic carbocycles. The number of rotatable bonds is 5. The number of nitrogens with one attached hydrogen (secondary N) is 2. The van der Waals surface area contributed by atoms with Gasteiger partial charge in [-0.15, -0.1) is 0 Å². The fourth-order valence-corrected chi connectivity index (χ4v) is 4.14. The van der Waals surface area contributed by atoms with Crippen molar-refractivity contribution in [3.63, 3.8) is 0 Å². The lowest BCUT2D eigenvalue weighted by molar-refractivity contribution is 0.0508. The summed E-state index contributed by atoms with van der Waals surface area (Å²) in [5.41, 5.74) is 0. The molecule has 0 aliphatic carbocycles. The Labute approximate surface area is 127 Å². The number of thioether (sulfide) groups is 1. The Hall–Kier alpha value is -0.420. The largest absolute Gasteiger partial charge is 0.336 e. The van der Waals surface area contributed by atoms with Gasteiger partial charge in [0.1, 0.15) is 0 Å². The van der Waals surface area contributed by atoms with Gasteiger partial charge in [-0.3, -0.25) is 0 Å². The molecule has 5 heteroatoms. The molecule has 4 nitrogen and oxygen atoms in total. The van der Waals surface area contributed by atoms with Crippen molar-refractivity contribution in [1.82, 2.24) is 15.5 Å². The molecule has 0 saturated carbocycles. The van der Waals surface area contributed by atoms with Crippen LogP contribution in [0.3, 0.4) is 0 Å². The van der Waals surface area contributed by atoms with E-state index < -0.39 is 0 Å². The van der Waals surface area contributed by atoms with Crippen LogP contribution in [-0.2, 0) is 0 Å². The Kier molecular flexibility index (Phi) is 6.02. The third-order valence-corrected chi connectivity index (χ3v) is 5.45. The van der Waals surface area contributed by atoms with Crippen molar-refractivity contribution in [2.24, 2.45) is 0 Å². The minimum Gasteiger partial charge on any atom is -0.336 e. The van der Waals surface area contributed by atoms with Gasteiger partial charge in [0.2, 0.25) is 0 Å². The highest BCUT2D eigenvalue weighted by Crippen LogP contribution is 2.32. The number of fused-ring (bicyclic) bond motifs is 2. The predicted molar refractivity (Wildman–Crippen MR) is 86.3 cm³/mol. The molecule has 2 heterocycles. The first kappa shape index (κ1) is 16.0. The smallest absolute Gasteiger partial charge is 0.315 e. The summed E-state index contributed by atoms with van der Waals surface area (Å²) in [5, 5.41) is 6.25. The number of nitrogens with zero attached hydrogens (tertiary/aromatic N) is 1. The molecule has 4 atom stereocenters. The highest BCUT2D eigenvalue weighted by atomic mass is 32.2. The number of amides is 2. The number of urea groups is 1. The van der Waals surface area contributed by atoms with Gasteiger partial charge in [0, 0.05) is 24.2 Å². The first-order chi connectivity index (χ1) is 9.60. The van der Waals surface area contributed by atoms with Crippen LogP contribution >= 0.6 is 11.8 Å². The molecule has 2 N–H and O–H groups in total. The molecule has 2 amide bonds. The van der Waals surface area contributed by atoms with Crippen molar-refractivity contribution in [3.8, 4) is 0 Å². The van der Waals surface area contributed by atoms with Gasteiger partial charge in [-0.25, -0.2) is 4.79 Å². The lowest BCUT2D eigenvalue weighted by Gasteiger charge is -2.47. The number of piperidine rings is 2. The average Bonchev–Trinajstić information content (AvgIpc) is 2.37. The van der Waals surface area contributed by atoms with E-state index in [0.717, 1.165) is 25.0 Å². The van der Waals surface area contributed by atoms with E-state index in [-0.39, 0.29) is 12.1 Å². The van der Waals surface area contributed by atoms with E-state index in [1.165, 1.54) is 19.3 Å². The summed E-state index contributed by atoms with van der Waals surface area (Å²) in [7, 11) is 2.25. The number of carbonyl (C=O) groups excluding carboxylic acids is 1. The van der Waals surface area contributed by atoms with Crippen molar-refractivity contribution in [1.29, 1.82) is 0 Å². The van der Waals surface area contributed by atoms with Crippen molar-refractivity contribution in [2.45, 2.75) is 69.6 Å². The maximum atomic E-state index is 12.0. The van der Waals surface area contributed by atoms with Crippen molar-refractivity contribution < 1.29 is 4.79 Å². The van der Waals surface area contributed by atoms with Crippen LogP contribution in [0.5, 0.6) is 0 Å². The molecule has 0 radical (unpaired) electrons. The molecule has 2 bridgehead atoms. The van der Waals surface area contributed by atoms with Gasteiger partial charge in [-0.1, -0.05) is 6.42 Å². The van der Waals surface area contributed by atoms with E-state index in [0.29, 0.717) is 18.1 Å². The fourth-order valence-electron chi connectivity index (χ4n) is 3.55. The van der Waals surface area contributed by atoms with Gasteiger partial charge >= 0.3 is 6.03 Å². The Bertz CT molecular complexity index is 312. The summed E-state index contributed by atoms with van der Waals surface area (Å²) in [5.74, 6) is 1.10. The molecule has 2 fully saturated rings. The maximum Gasteiger partial charge on any atom is 0.315 e. The topological polar surface area (TPSA) is 44.4 Å². The number of carbonyl (C=O) groups is 1. The van der Waals surface area contributed by atoms with E-state index in [1.807, 2.05) is 11.8 Å². The Balaban J connectivity index is 1.74. The maximum absolute atomic E-state index is 12.0. The molecular formula is C15H29N3OS. The zero-order valence-electron chi connectivity index (χ0n) is 13.0. The third-order valence-electron chi connectivity index (χ3n) is 4.81. The van der Waals surface area contributed by atoms with Gasteiger partial charge in [0.25, 0.3) is 0 Å². The van der Waals surface area contributed by atoms with Gasteiger partial charge < -0.3 is 15.5 Å². The monoisotopic (exact) mass is 299 g/mol. The first-order valence-electron chi connectivity index (χ1n) is 7.88. The van der Waals surface area contributed by atoms with Crippen LogP contribution in [0, 0.1) is 0 Å². The summed E-state index contributed by atoms with van der Waals surface area (Å²) in [6, 6.07) is 1.97. The van der Waals surface area contributed by atoms with Crippen molar-refractivity contribution >= 4 is 17.8 Å². The summed E-state index contributed by atoms with van der Waals surface area (Å²) < 4.78 is 0. The summed E-state index contributed by atoms with van der Waals surface area (Å²) in [6.45, 7) is 2.08. The highest BCUT2D eigenvalue weighted by Gasteiger charge is 2.36. The lowest BCUT2D eigenvalue weighted by Crippen LogP contribution is -2.56. The van der Waals surface area contributed by atoms with Crippen LogP contribution in [-0.4, -0.2) is 54.2 Å². The summed E-state index contributed by atoms with van der Waals surface area (Å²) in [4.78, 5) is 14.6. The summed E-state index contributed by atoms with van der Waals surface area (Å²) in [6.07, 6.45) is 9.29. The van der Waals surface area contributed by atoms with E-state index in [2.05, 4.69) is 35.8 Å². The van der Waals surface area contributed by atoms with Crippen LogP contribution in [0.4, 0.5) is 4.79 Å². The molecular weight excluding hydrogens is 270 g/mol. The minimum absolute atomic E-state index is 0.0197. The predicted octanol–water partition coefficient (Wildman–Crippen LogP) is 2.44. The van der Waals surface area contributed by atoms with E-state index in [4.69, 9.17) is 0 Å². The molecule has 2 rings (SSSR count). The molecule has 2 saturated heterocycles. The molecule has 116 valence electrons. The van der Waals surface area contributed by atoms with Crippen LogP contribution in [0.2, 0.25) is 0 Å². The Morgan fingerprint density at radius 3 is 2.60 bits per heavy atom. The van der Waals surface area contributed by atoms with Crippen LogP contribution < -0.4 is 10.6 Å². The van der Waals surface area contributed by atoms with Crippen molar-refractivity contribution in [3.05, 3.63) is 0 Å². The zero-order valence-corrected chi connectivity index (χ0v) is 13.8. The van der Waals surface area contributed by atoms with E-state index in [9.17, 15) is 4.79 Å². The molecule has 0 aromatic rings. The summed E-state index contributed by atoms with van der Waals surface area (Å²) >= 11 is 1.83. The van der Waals surface area contributed by atoms with Gasteiger partial charge in [0.05, 0.1) is 0 Å². The molecule has 2 aliphatic heterocycles. The van der Waals surface area contributed by atoms with Crippen LogP contribution in [0.15, 0.2) is 0 Å². The average molecular weight is 299 g/mol. The standard InChI is InChI=1S/C15H29N3OS/c1-11(7-8-20-3)16-15(19)17-12-9-13-5-4-6-14(10-12)18(13)2/h11-14H,4-10H2,1-3H3,(H2,16,17,19)/t11-,12?,13-,14+/m1/s1. The third kappa shape index (κ3) is 4.29. The number of hydrogen-bond donors (Lipinski definition) is 2. The lowest BCUT2D eigenvalue weighted by atomic mass is 9.82. The van der Waals surface area contributed by atoms with Gasteiger partial charge in [-0.2, -0.15) is 11.8 Å². The SMILES string of the molecule is CSCC[C@@H](C)NC(=O)NC1C[C@H]2CCC[C@@H](C1)N2C. The fraction of sp³-hybridized carbons (Fsp3) is 0.933. The highest BCUT2D eigenvalue weighted by molar-refractivity contribution is 7.98. The van der Waals surface area contributed by atoms with Crippen molar-refractivity contribution in [2.75, 3.05) is 19.1 Å². The number of hydrogen-bond acceptors (Lipinski definition) is 3.